The monoisotopic (exact) mass is 318 g/mol. The number of aryl methyl sites for hydroxylation is 1. The molecule has 0 saturated heterocycles. The number of halogens is 1. The van der Waals surface area contributed by atoms with Gasteiger partial charge < -0.3 is 11.1 Å². The zero-order chi connectivity index (χ0) is 15.4. The molecule has 0 radical (unpaired) electrons. The molecule has 1 atom stereocenters. The molecule has 1 amide bonds. The van der Waals surface area contributed by atoms with E-state index in [1.165, 1.54) is 0 Å². The molecule has 0 aliphatic rings. The summed E-state index contributed by atoms with van der Waals surface area (Å²) in [6, 6.07) is 14.1. The molecule has 21 heavy (non-hydrogen) atoms. The van der Waals surface area contributed by atoms with E-state index < -0.39 is 6.04 Å². The van der Waals surface area contributed by atoms with E-state index in [1.807, 2.05) is 43.3 Å². The first kappa shape index (κ1) is 15.5. The van der Waals surface area contributed by atoms with Gasteiger partial charge in [-0.15, -0.1) is 0 Å². The Kier molecular flexibility index (Phi) is 4.94. The molecule has 3 N–H and O–H groups in total. The van der Waals surface area contributed by atoms with Crippen molar-refractivity contribution in [3.63, 3.8) is 0 Å². The maximum atomic E-state index is 12.4. The second-order valence-electron chi connectivity index (χ2n) is 4.66. The summed E-state index contributed by atoms with van der Waals surface area (Å²) in [6.07, 6.45) is 0. The summed E-state index contributed by atoms with van der Waals surface area (Å²) in [5.74, 6) is -0.301. The number of nitrogens with one attached hydrogen (secondary N) is 1. The van der Waals surface area contributed by atoms with Crippen LogP contribution < -0.4 is 11.1 Å². The zero-order valence-corrected chi connectivity index (χ0v) is 13.0. The number of hydrogen-bond acceptors (Lipinski definition) is 2. The quantitative estimate of drug-likeness (QED) is 0.849. The van der Waals surface area contributed by atoms with Crippen LogP contribution in [-0.4, -0.2) is 10.9 Å². The van der Waals surface area contributed by atoms with Gasteiger partial charge in [0.2, 0.25) is 0 Å². The van der Waals surface area contributed by atoms with Crippen LogP contribution in [0.4, 0.5) is 0 Å². The molecule has 1 unspecified atom stereocenters. The number of carbonyl (C=O) groups excluding carboxylic acids is 1. The lowest BCUT2D eigenvalue weighted by molar-refractivity contribution is 0.0947. The zero-order valence-electron chi connectivity index (χ0n) is 11.5. The third-order valence-corrected chi connectivity index (χ3v) is 3.87. The average Bonchev–Trinajstić information content (AvgIpc) is 2.48. The van der Waals surface area contributed by atoms with Gasteiger partial charge in [-0.05, 0) is 24.1 Å². The Morgan fingerprint density at radius 3 is 2.48 bits per heavy atom. The fourth-order valence-electron chi connectivity index (χ4n) is 2.00. The minimum atomic E-state index is -0.523. The molecule has 2 aromatic rings. The van der Waals surface area contributed by atoms with Crippen molar-refractivity contribution < 1.29 is 4.79 Å². The second kappa shape index (κ2) is 6.70. The molecule has 0 fully saturated rings. The van der Waals surface area contributed by atoms with Gasteiger partial charge in [-0.3, -0.25) is 4.79 Å². The Morgan fingerprint density at radius 1 is 1.19 bits per heavy atom. The molecule has 0 saturated carbocycles. The van der Waals surface area contributed by atoms with Gasteiger partial charge in [0.15, 0.2) is 0 Å². The SMILES string of the molecule is Cc1cccc(C(=O)NC(C(N)=S)c2ccccc2)c1Cl. The maximum Gasteiger partial charge on any atom is 0.253 e. The molecule has 0 bridgehead atoms. The van der Waals surface area contributed by atoms with Crippen LogP contribution in [0.5, 0.6) is 0 Å². The number of benzene rings is 2. The first-order chi connectivity index (χ1) is 10.0. The Hall–Kier alpha value is -1.91. The van der Waals surface area contributed by atoms with Gasteiger partial charge in [0.1, 0.15) is 11.0 Å². The van der Waals surface area contributed by atoms with Crippen molar-refractivity contribution in [2.45, 2.75) is 13.0 Å². The highest BCUT2D eigenvalue weighted by Crippen LogP contribution is 2.21. The topological polar surface area (TPSA) is 55.1 Å². The van der Waals surface area contributed by atoms with Crippen LogP contribution in [0.15, 0.2) is 48.5 Å². The predicted octanol–water partition coefficient (Wildman–Crippen LogP) is 3.41. The first-order valence-electron chi connectivity index (χ1n) is 6.41. The molecule has 0 spiro atoms. The van der Waals surface area contributed by atoms with Crippen LogP contribution in [0.2, 0.25) is 5.02 Å². The minimum absolute atomic E-state index is 0.207. The summed E-state index contributed by atoms with van der Waals surface area (Å²) in [4.78, 5) is 12.6. The summed E-state index contributed by atoms with van der Waals surface area (Å²) in [5, 5.41) is 3.26. The molecule has 0 aliphatic carbocycles. The van der Waals surface area contributed by atoms with E-state index in [2.05, 4.69) is 5.32 Å². The lowest BCUT2D eigenvalue weighted by Gasteiger charge is -2.18. The Labute approximate surface area is 134 Å². The van der Waals surface area contributed by atoms with Crippen molar-refractivity contribution in [1.82, 2.24) is 5.32 Å². The van der Waals surface area contributed by atoms with Gasteiger partial charge in [0.25, 0.3) is 5.91 Å². The van der Waals surface area contributed by atoms with Gasteiger partial charge in [0, 0.05) is 0 Å². The Bertz CT molecular complexity index is 673. The van der Waals surface area contributed by atoms with E-state index in [4.69, 9.17) is 29.6 Å². The molecule has 2 aromatic carbocycles. The van der Waals surface area contributed by atoms with Gasteiger partial charge in [-0.2, -0.15) is 0 Å². The van der Waals surface area contributed by atoms with E-state index in [1.54, 1.807) is 12.1 Å². The predicted molar refractivity (Wildman–Crippen MR) is 89.6 cm³/mol. The minimum Gasteiger partial charge on any atom is -0.391 e. The second-order valence-corrected chi connectivity index (χ2v) is 5.51. The number of amides is 1. The van der Waals surface area contributed by atoms with Gasteiger partial charge in [-0.1, -0.05) is 66.3 Å². The fourth-order valence-corrected chi connectivity index (χ4v) is 2.40. The molecule has 3 nitrogen and oxygen atoms in total. The van der Waals surface area contributed by atoms with Crippen molar-refractivity contribution >= 4 is 34.7 Å². The third kappa shape index (κ3) is 3.60. The summed E-state index contributed by atoms with van der Waals surface area (Å²) in [5.41, 5.74) is 7.84. The van der Waals surface area contributed by atoms with Crippen LogP contribution in [0, 0.1) is 6.92 Å². The van der Waals surface area contributed by atoms with E-state index in [-0.39, 0.29) is 10.9 Å². The number of thiocarbonyl (C=S) groups is 1. The summed E-state index contributed by atoms with van der Waals surface area (Å²) in [7, 11) is 0. The van der Waals surface area contributed by atoms with Crippen molar-refractivity contribution in [2.24, 2.45) is 5.73 Å². The highest BCUT2D eigenvalue weighted by Gasteiger charge is 2.19. The fraction of sp³-hybridized carbons (Fsp3) is 0.125. The molecule has 108 valence electrons. The van der Waals surface area contributed by atoms with E-state index >= 15 is 0 Å². The standard InChI is InChI=1S/C16H15ClN2OS/c1-10-6-5-9-12(13(10)17)16(20)19-14(15(18)21)11-7-3-2-4-8-11/h2-9,14H,1H3,(H2,18,21)(H,19,20). The van der Waals surface area contributed by atoms with Crippen LogP contribution in [0.3, 0.4) is 0 Å². The number of rotatable bonds is 4. The van der Waals surface area contributed by atoms with Crippen molar-refractivity contribution in [3.05, 3.63) is 70.2 Å². The Balaban J connectivity index is 2.28. The number of carbonyl (C=O) groups is 1. The lowest BCUT2D eigenvalue weighted by atomic mass is 10.1. The summed E-state index contributed by atoms with van der Waals surface area (Å²) in [6.45, 7) is 1.85. The third-order valence-electron chi connectivity index (χ3n) is 3.13. The molecule has 5 heteroatoms. The summed E-state index contributed by atoms with van der Waals surface area (Å²) < 4.78 is 0. The van der Waals surface area contributed by atoms with Gasteiger partial charge in [0.05, 0.1) is 10.6 Å². The Morgan fingerprint density at radius 2 is 1.86 bits per heavy atom. The van der Waals surface area contributed by atoms with Crippen LogP contribution >= 0.6 is 23.8 Å². The van der Waals surface area contributed by atoms with Crippen molar-refractivity contribution in [2.75, 3.05) is 0 Å². The largest absolute Gasteiger partial charge is 0.391 e. The smallest absolute Gasteiger partial charge is 0.253 e. The highest BCUT2D eigenvalue weighted by atomic mass is 35.5. The number of hydrogen-bond donors (Lipinski definition) is 2. The average molecular weight is 319 g/mol. The van der Waals surface area contributed by atoms with Crippen LogP contribution in [0.25, 0.3) is 0 Å². The summed E-state index contributed by atoms with van der Waals surface area (Å²) >= 11 is 11.2. The molecule has 0 aliphatic heterocycles. The van der Waals surface area contributed by atoms with Crippen molar-refractivity contribution in [3.8, 4) is 0 Å². The number of nitrogens with two attached hydrogens (primary N) is 1. The van der Waals surface area contributed by atoms with E-state index in [0.717, 1.165) is 11.1 Å². The molecular formula is C16H15ClN2OS. The molecule has 0 heterocycles. The van der Waals surface area contributed by atoms with Crippen LogP contribution in [-0.2, 0) is 0 Å². The normalized spacial score (nSPS) is 11.7. The maximum absolute atomic E-state index is 12.4. The first-order valence-corrected chi connectivity index (χ1v) is 7.19. The van der Waals surface area contributed by atoms with Gasteiger partial charge in [-0.25, -0.2) is 0 Å². The van der Waals surface area contributed by atoms with Crippen molar-refractivity contribution in [1.29, 1.82) is 0 Å². The van der Waals surface area contributed by atoms with E-state index in [9.17, 15) is 4.79 Å². The molecule has 2 rings (SSSR count). The molecule has 0 aromatic heterocycles. The van der Waals surface area contributed by atoms with Crippen LogP contribution in [0.1, 0.15) is 27.5 Å². The highest BCUT2D eigenvalue weighted by molar-refractivity contribution is 7.80. The molecular weight excluding hydrogens is 304 g/mol. The lowest BCUT2D eigenvalue weighted by Crippen LogP contribution is -2.36. The van der Waals surface area contributed by atoms with Gasteiger partial charge >= 0.3 is 0 Å². The van der Waals surface area contributed by atoms with E-state index in [0.29, 0.717) is 10.6 Å².